The quantitative estimate of drug-likeness (QED) is 0.470. The highest BCUT2D eigenvalue weighted by Crippen LogP contribution is 1.73. The number of hydrogen-bond acceptors (Lipinski definition) is 0. The fraction of sp³-hybridized carbons (Fsp3) is 0.778. The Morgan fingerprint density at radius 1 is 1.00 bits per heavy atom. The number of rotatable bonds is 1. The summed E-state index contributed by atoms with van der Waals surface area (Å²) in [6.07, 6.45) is 5.34. The van der Waals surface area contributed by atoms with E-state index >= 15 is 0 Å². The zero-order valence-electron chi connectivity index (χ0n) is 7.86. The first-order valence-electron chi connectivity index (χ1n) is 4.03. The lowest BCUT2D eigenvalue weighted by molar-refractivity contribution is 1.22. The van der Waals surface area contributed by atoms with Gasteiger partial charge in [0, 0.05) is 0 Å². The van der Waals surface area contributed by atoms with Crippen molar-refractivity contribution in [3.8, 4) is 0 Å². The predicted octanol–water partition coefficient (Wildman–Crippen LogP) is 4.02. The number of allylic oxidation sites excluding steroid dienone is 2. The van der Waals surface area contributed by atoms with Gasteiger partial charge in [0.05, 0.1) is 0 Å². The Labute approximate surface area is 61.0 Å². The van der Waals surface area contributed by atoms with Gasteiger partial charge in [-0.25, -0.2) is 0 Å². The SMILES string of the molecule is C/C=C\CC.CC.CC. The molecule has 0 aromatic heterocycles. The highest BCUT2D eigenvalue weighted by Gasteiger charge is 1.52. The van der Waals surface area contributed by atoms with E-state index in [0.717, 1.165) is 6.42 Å². The lowest BCUT2D eigenvalue weighted by Gasteiger charge is -1.65. The summed E-state index contributed by atoms with van der Waals surface area (Å²) < 4.78 is 0. The molecule has 0 saturated heterocycles. The molecule has 0 aromatic rings. The average molecular weight is 130 g/mol. The van der Waals surface area contributed by atoms with Crippen LogP contribution < -0.4 is 0 Å². The molecule has 0 rings (SSSR count). The van der Waals surface area contributed by atoms with Crippen molar-refractivity contribution < 1.29 is 0 Å². The molecular weight excluding hydrogens is 108 g/mol. The van der Waals surface area contributed by atoms with Gasteiger partial charge in [-0.2, -0.15) is 0 Å². The molecule has 0 aliphatic carbocycles. The van der Waals surface area contributed by atoms with Gasteiger partial charge in [0.2, 0.25) is 0 Å². The second-order valence-corrected chi connectivity index (χ2v) is 0.977. The van der Waals surface area contributed by atoms with E-state index in [9.17, 15) is 0 Å². The van der Waals surface area contributed by atoms with Crippen molar-refractivity contribution in [2.24, 2.45) is 0 Å². The molecule has 0 heteroatoms. The molecule has 0 N–H and O–H groups in total. The Balaban J connectivity index is -0.0000000771. The van der Waals surface area contributed by atoms with Crippen LogP contribution in [0.4, 0.5) is 0 Å². The molecule has 0 radical (unpaired) electrons. The van der Waals surface area contributed by atoms with Crippen molar-refractivity contribution in [3.63, 3.8) is 0 Å². The van der Waals surface area contributed by atoms with Gasteiger partial charge >= 0.3 is 0 Å². The van der Waals surface area contributed by atoms with E-state index < -0.39 is 0 Å². The van der Waals surface area contributed by atoms with Gasteiger partial charge in [0.25, 0.3) is 0 Å². The minimum atomic E-state index is 1.16. The van der Waals surface area contributed by atoms with Crippen LogP contribution in [0.2, 0.25) is 0 Å². The molecule has 0 aliphatic heterocycles. The van der Waals surface area contributed by atoms with Crippen LogP contribution in [0.1, 0.15) is 48.0 Å². The Kier molecular flexibility index (Phi) is 82.7. The summed E-state index contributed by atoms with van der Waals surface area (Å²) >= 11 is 0. The molecule has 0 aromatic carbocycles. The van der Waals surface area contributed by atoms with E-state index in [4.69, 9.17) is 0 Å². The first-order valence-corrected chi connectivity index (χ1v) is 4.03. The molecule has 0 unspecified atom stereocenters. The van der Waals surface area contributed by atoms with Crippen molar-refractivity contribution in [3.05, 3.63) is 12.2 Å². The van der Waals surface area contributed by atoms with Crippen molar-refractivity contribution >= 4 is 0 Å². The van der Waals surface area contributed by atoms with Gasteiger partial charge in [-0.05, 0) is 13.3 Å². The second kappa shape index (κ2) is 46.8. The summed E-state index contributed by atoms with van der Waals surface area (Å²) in [6.45, 7) is 12.2. The molecule has 0 saturated carbocycles. The smallest absolute Gasteiger partial charge is 0.0379 e. The maximum atomic E-state index is 2.12. The van der Waals surface area contributed by atoms with Crippen molar-refractivity contribution in [2.75, 3.05) is 0 Å². The first kappa shape index (κ1) is 15.9. The fourth-order valence-corrected chi connectivity index (χ4v) is 0.236. The third kappa shape index (κ3) is 84.2. The van der Waals surface area contributed by atoms with Gasteiger partial charge < -0.3 is 0 Å². The van der Waals surface area contributed by atoms with E-state index in [1.54, 1.807) is 0 Å². The third-order valence-corrected chi connectivity index (χ3v) is 0.471. The lowest BCUT2D eigenvalue weighted by atomic mass is 10.4. The van der Waals surface area contributed by atoms with Crippen LogP contribution >= 0.6 is 0 Å². The van der Waals surface area contributed by atoms with Gasteiger partial charge in [0.15, 0.2) is 0 Å². The summed E-state index contributed by atoms with van der Waals surface area (Å²) in [6, 6.07) is 0. The molecular formula is C9H22. The largest absolute Gasteiger partial charge is 0.0917 e. The van der Waals surface area contributed by atoms with Crippen molar-refractivity contribution in [1.29, 1.82) is 0 Å². The maximum absolute atomic E-state index is 2.12. The minimum Gasteiger partial charge on any atom is -0.0917 e. The van der Waals surface area contributed by atoms with Crippen molar-refractivity contribution in [2.45, 2.75) is 48.0 Å². The van der Waals surface area contributed by atoms with Crippen LogP contribution in [0.5, 0.6) is 0 Å². The Hall–Kier alpha value is -0.260. The van der Waals surface area contributed by atoms with Gasteiger partial charge in [-0.15, -0.1) is 0 Å². The van der Waals surface area contributed by atoms with E-state index in [2.05, 4.69) is 19.1 Å². The minimum absolute atomic E-state index is 1.16. The highest BCUT2D eigenvalue weighted by atomic mass is 13.6. The van der Waals surface area contributed by atoms with E-state index in [1.165, 1.54) is 0 Å². The van der Waals surface area contributed by atoms with Gasteiger partial charge in [0.1, 0.15) is 0 Å². The molecule has 0 heterocycles. The lowest BCUT2D eigenvalue weighted by Crippen LogP contribution is -1.43. The Morgan fingerprint density at radius 2 is 1.33 bits per heavy atom. The maximum Gasteiger partial charge on any atom is -0.0379 e. The first-order chi connectivity index (χ1) is 4.41. The van der Waals surface area contributed by atoms with Gasteiger partial charge in [-0.1, -0.05) is 46.8 Å². The fourth-order valence-electron chi connectivity index (χ4n) is 0.236. The third-order valence-electron chi connectivity index (χ3n) is 0.471. The van der Waals surface area contributed by atoms with Crippen LogP contribution in [0, 0.1) is 0 Å². The second-order valence-electron chi connectivity index (χ2n) is 0.977. The molecule has 0 spiro atoms. The monoisotopic (exact) mass is 130 g/mol. The van der Waals surface area contributed by atoms with E-state index in [1.807, 2.05) is 34.6 Å². The predicted molar refractivity (Wildman–Crippen MR) is 47.8 cm³/mol. The summed E-state index contributed by atoms with van der Waals surface area (Å²) in [5.74, 6) is 0. The summed E-state index contributed by atoms with van der Waals surface area (Å²) in [5.41, 5.74) is 0. The molecule has 9 heavy (non-hydrogen) atoms. The van der Waals surface area contributed by atoms with Crippen LogP contribution in [-0.2, 0) is 0 Å². The number of hydrogen-bond donors (Lipinski definition) is 0. The van der Waals surface area contributed by atoms with E-state index in [0.29, 0.717) is 0 Å². The molecule has 58 valence electrons. The molecule has 0 nitrogen and oxygen atoms in total. The van der Waals surface area contributed by atoms with Crippen LogP contribution in [0.15, 0.2) is 12.2 Å². The van der Waals surface area contributed by atoms with Crippen LogP contribution in [-0.4, -0.2) is 0 Å². The van der Waals surface area contributed by atoms with Gasteiger partial charge in [-0.3, -0.25) is 0 Å². The average Bonchev–Trinajstić information content (AvgIpc) is 1.98. The molecule has 0 atom stereocenters. The molecule has 0 aliphatic rings. The van der Waals surface area contributed by atoms with E-state index in [-0.39, 0.29) is 0 Å². The topological polar surface area (TPSA) is 0 Å². The Bertz CT molecular complexity index is 27.0. The summed E-state index contributed by atoms with van der Waals surface area (Å²) in [4.78, 5) is 0. The van der Waals surface area contributed by atoms with Crippen LogP contribution in [0.25, 0.3) is 0 Å². The molecule has 0 fully saturated rings. The van der Waals surface area contributed by atoms with Crippen molar-refractivity contribution in [1.82, 2.24) is 0 Å². The normalized spacial score (nSPS) is 6.89. The highest BCUT2D eigenvalue weighted by molar-refractivity contribution is 4.73. The molecule has 0 bridgehead atoms. The molecule has 0 amide bonds. The Morgan fingerprint density at radius 3 is 1.33 bits per heavy atom. The summed E-state index contributed by atoms with van der Waals surface area (Å²) in [7, 11) is 0. The summed E-state index contributed by atoms with van der Waals surface area (Å²) in [5, 5.41) is 0. The zero-order chi connectivity index (χ0) is 8.12. The van der Waals surface area contributed by atoms with Crippen LogP contribution in [0.3, 0.4) is 0 Å². The zero-order valence-corrected chi connectivity index (χ0v) is 7.86. The standard InChI is InChI=1S/C5H10.2C2H6/c1-3-5-4-2;2*1-2/h3,5H,4H2,1-2H3;2*1-2H3/b5-3-;;.